The lowest BCUT2D eigenvalue weighted by molar-refractivity contribution is -0.122. The van der Waals surface area contributed by atoms with Gasteiger partial charge in [-0.3, -0.25) is 14.4 Å². The van der Waals surface area contributed by atoms with Crippen molar-refractivity contribution in [3.05, 3.63) is 74.5 Å². The molecule has 0 saturated carbocycles. The number of ether oxygens (including phenoxy) is 1. The number of aromatic nitrogens is 1. The minimum absolute atomic E-state index is 0.221. The van der Waals surface area contributed by atoms with E-state index in [1.54, 1.807) is 19.2 Å². The number of carbonyl (C=O) groups excluding carboxylic acids is 2. The summed E-state index contributed by atoms with van der Waals surface area (Å²) < 4.78 is 18.6. The number of thioether (sulfide) groups is 1. The molecule has 3 aromatic rings. The first-order valence-electron chi connectivity index (χ1n) is 9.15. The molecule has 152 valence electrons. The Bertz CT molecular complexity index is 1200. The smallest absolute Gasteiger partial charge is 0.305 e. The van der Waals surface area contributed by atoms with Crippen LogP contribution in [-0.2, 0) is 9.59 Å². The Hall–Kier alpha value is -2.91. The quantitative estimate of drug-likeness (QED) is 0.629. The first-order chi connectivity index (χ1) is 14.5. The molecule has 1 N–H and O–H groups in total. The molecular formula is C21H15FN2O4S2. The first kappa shape index (κ1) is 19.1. The topological polar surface area (TPSA) is 79.5 Å². The average molecular weight is 442 g/mol. The average Bonchev–Trinajstić information content (AvgIpc) is 3.24. The third-order valence-electron chi connectivity index (χ3n) is 5.38. The number of carbonyl (C=O) groups is 2. The van der Waals surface area contributed by atoms with Gasteiger partial charge in [0.1, 0.15) is 16.8 Å². The van der Waals surface area contributed by atoms with E-state index in [9.17, 15) is 18.8 Å². The number of fused-ring (bicyclic) bond motifs is 2. The number of anilines is 1. The number of imide groups is 1. The van der Waals surface area contributed by atoms with Crippen molar-refractivity contribution in [2.24, 2.45) is 5.92 Å². The fourth-order valence-corrected chi connectivity index (χ4v) is 6.55. The van der Waals surface area contributed by atoms with Crippen molar-refractivity contribution in [1.82, 2.24) is 4.98 Å². The second-order valence-electron chi connectivity index (χ2n) is 7.01. The SMILES string of the molecule is COc1ccc(C2c3sc(=O)[nH]c3SC3C(=O)N(c4ccc(F)cc4)C(=O)C32)cc1. The van der Waals surface area contributed by atoms with Crippen molar-refractivity contribution in [2.45, 2.75) is 16.2 Å². The van der Waals surface area contributed by atoms with E-state index in [1.807, 2.05) is 12.1 Å². The maximum Gasteiger partial charge on any atom is 0.305 e. The molecule has 3 heterocycles. The number of benzene rings is 2. The summed E-state index contributed by atoms with van der Waals surface area (Å²) in [6, 6.07) is 12.6. The number of rotatable bonds is 3. The van der Waals surface area contributed by atoms with Gasteiger partial charge in [-0.1, -0.05) is 35.2 Å². The molecule has 3 atom stereocenters. The van der Waals surface area contributed by atoms with Crippen molar-refractivity contribution in [3.63, 3.8) is 0 Å². The molecule has 1 saturated heterocycles. The fraction of sp³-hybridized carbons (Fsp3) is 0.190. The molecular weight excluding hydrogens is 427 g/mol. The standard InChI is InChI=1S/C21H15FN2O4S2/c1-28-13-8-2-10(3-9-13)14-15-17(29-18-16(14)30-21(27)23-18)20(26)24(19(15)25)12-6-4-11(22)5-7-12/h2-9,14-15,17H,1H3,(H,23,27). The van der Waals surface area contributed by atoms with Gasteiger partial charge in [0, 0.05) is 10.8 Å². The van der Waals surface area contributed by atoms with Crippen LogP contribution < -0.4 is 14.5 Å². The van der Waals surface area contributed by atoms with Crippen molar-refractivity contribution < 1.29 is 18.7 Å². The summed E-state index contributed by atoms with van der Waals surface area (Å²) in [6.07, 6.45) is 0. The number of hydrogen-bond acceptors (Lipinski definition) is 6. The van der Waals surface area contributed by atoms with Gasteiger partial charge >= 0.3 is 4.87 Å². The summed E-state index contributed by atoms with van der Waals surface area (Å²) in [5, 5.41) is -0.0541. The number of nitrogens with zero attached hydrogens (tertiary/aromatic N) is 1. The monoisotopic (exact) mass is 442 g/mol. The number of H-pyrrole nitrogens is 1. The summed E-state index contributed by atoms with van der Waals surface area (Å²) >= 11 is 2.27. The zero-order valence-electron chi connectivity index (χ0n) is 15.6. The van der Waals surface area contributed by atoms with Gasteiger partial charge in [0.25, 0.3) is 0 Å². The summed E-state index contributed by atoms with van der Waals surface area (Å²) in [6.45, 7) is 0. The Morgan fingerprint density at radius 3 is 2.37 bits per heavy atom. The van der Waals surface area contributed by atoms with Gasteiger partial charge in [0.2, 0.25) is 11.8 Å². The number of thiazole rings is 1. The molecule has 9 heteroatoms. The molecule has 0 spiro atoms. The second kappa shape index (κ2) is 7.10. The van der Waals surface area contributed by atoms with Crippen molar-refractivity contribution in [1.29, 1.82) is 0 Å². The highest BCUT2D eigenvalue weighted by Gasteiger charge is 2.56. The molecule has 1 fully saturated rings. The lowest BCUT2D eigenvalue weighted by Gasteiger charge is -2.29. The highest BCUT2D eigenvalue weighted by atomic mass is 32.2. The van der Waals surface area contributed by atoms with Crippen LogP contribution in [0.1, 0.15) is 16.4 Å². The molecule has 0 bridgehead atoms. The molecule has 2 aliphatic heterocycles. The maximum absolute atomic E-state index is 13.4. The van der Waals surface area contributed by atoms with E-state index in [0.29, 0.717) is 16.5 Å². The zero-order valence-corrected chi connectivity index (χ0v) is 17.3. The lowest BCUT2D eigenvalue weighted by atomic mass is 9.83. The molecule has 0 radical (unpaired) electrons. The van der Waals surface area contributed by atoms with Crippen LogP contribution in [0.2, 0.25) is 0 Å². The molecule has 2 aliphatic rings. The minimum atomic E-state index is -0.674. The molecule has 3 unspecified atom stereocenters. The fourth-order valence-electron chi connectivity index (χ4n) is 4.03. The largest absolute Gasteiger partial charge is 0.497 e. The molecule has 30 heavy (non-hydrogen) atoms. The van der Waals surface area contributed by atoms with Crippen LogP contribution in [0.25, 0.3) is 0 Å². The van der Waals surface area contributed by atoms with Crippen molar-refractivity contribution in [2.75, 3.05) is 12.0 Å². The van der Waals surface area contributed by atoms with E-state index < -0.39 is 22.9 Å². The Morgan fingerprint density at radius 2 is 1.70 bits per heavy atom. The molecule has 0 aliphatic carbocycles. The van der Waals surface area contributed by atoms with Crippen molar-refractivity contribution in [3.8, 4) is 5.75 Å². The Balaban J connectivity index is 1.63. The number of halogens is 1. The van der Waals surface area contributed by atoms with Crippen LogP contribution in [-0.4, -0.2) is 29.2 Å². The van der Waals surface area contributed by atoms with Crippen LogP contribution in [0.4, 0.5) is 10.1 Å². The van der Waals surface area contributed by atoms with E-state index in [1.165, 1.54) is 36.0 Å². The van der Waals surface area contributed by atoms with Crippen LogP contribution in [0.3, 0.4) is 0 Å². The number of aromatic amines is 1. The third kappa shape index (κ3) is 2.88. The van der Waals surface area contributed by atoms with E-state index in [0.717, 1.165) is 26.7 Å². The van der Waals surface area contributed by atoms with Gasteiger partial charge in [-0.15, -0.1) is 0 Å². The first-order valence-corrected chi connectivity index (χ1v) is 10.8. The molecule has 1 aromatic heterocycles. The van der Waals surface area contributed by atoms with Gasteiger partial charge in [0.05, 0.1) is 23.7 Å². The summed E-state index contributed by atoms with van der Waals surface area (Å²) in [4.78, 5) is 43.2. The zero-order chi connectivity index (χ0) is 21.0. The summed E-state index contributed by atoms with van der Waals surface area (Å²) in [7, 11) is 1.57. The van der Waals surface area contributed by atoms with Gasteiger partial charge in [-0.2, -0.15) is 0 Å². The number of amides is 2. The minimum Gasteiger partial charge on any atom is -0.497 e. The van der Waals surface area contributed by atoms with Crippen LogP contribution in [0.5, 0.6) is 5.75 Å². The van der Waals surface area contributed by atoms with E-state index >= 15 is 0 Å². The number of hydrogen-bond donors (Lipinski definition) is 1. The van der Waals surface area contributed by atoms with Crippen LogP contribution >= 0.6 is 23.1 Å². The lowest BCUT2D eigenvalue weighted by Crippen LogP contribution is -2.32. The van der Waals surface area contributed by atoms with Crippen LogP contribution in [0, 0.1) is 11.7 Å². The Labute approximate surface area is 178 Å². The van der Waals surface area contributed by atoms with Gasteiger partial charge in [-0.25, -0.2) is 9.29 Å². The van der Waals surface area contributed by atoms with Gasteiger partial charge in [-0.05, 0) is 42.0 Å². The van der Waals surface area contributed by atoms with E-state index in [-0.39, 0.29) is 16.7 Å². The normalized spacial score (nSPS) is 22.7. The third-order valence-corrected chi connectivity index (χ3v) is 7.78. The summed E-state index contributed by atoms with van der Waals surface area (Å²) in [5.41, 5.74) is 1.16. The molecule has 5 rings (SSSR count). The summed E-state index contributed by atoms with van der Waals surface area (Å²) in [5.74, 6) is -1.60. The second-order valence-corrected chi connectivity index (χ2v) is 9.18. The molecule has 2 aromatic carbocycles. The predicted molar refractivity (Wildman–Crippen MR) is 112 cm³/mol. The highest BCUT2D eigenvalue weighted by molar-refractivity contribution is 8.00. The van der Waals surface area contributed by atoms with E-state index in [2.05, 4.69) is 4.98 Å². The van der Waals surface area contributed by atoms with Crippen molar-refractivity contribution >= 4 is 40.6 Å². The van der Waals surface area contributed by atoms with Gasteiger partial charge < -0.3 is 9.72 Å². The number of nitrogens with one attached hydrogen (secondary N) is 1. The van der Waals surface area contributed by atoms with Gasteiger partial charge in [0.15, 0.2) is 0 Å². The van der Waals surface area contributed by atoms with Crippen LogP contribution in [0.15, 0.2) is 58.4 Å². The Morgan fingerprint density at radius 1 is 1.00 bits per heavy atom. The van der Waals surface area contributed by atoms with E-state index in [4.69, 9.17) is 4.74 Å². The Kier molecular flexibility index (Phi) is 4.52. The molecule has 6 nitrogen and oxygen atoms in total. The highest BCUT2D eigenvalue weighted by Crippen LogP contribution is 2.53. The maximum atomic E-state index is 13.4. The molecule has 2 amide bonds. The number of methoxy groups -OCH3 is 1. The predicted octanol–water partition coefficient (Wildman–Crippen LogP) is 3.38.